The number of hydrogen-bond acceptors (Lipinski definition) is 4. The topological polar surface area (TPSA) is 59.9 Å². The smallest absolute Gasteiger partial charge is 0.0992 e. The summed E-state index contributed by atoms with van der Waals surface area (Å²) in [6, 6.07) is 7.45. The van der Waals surface area contributed by atoms with E-state index in [-0.39, 0.29) is 0 Å². The summed E-state index contributed by atoms with van der Waals surface area (Å²) in [6.45, 7) is 0. The summed E-state index contributed by atoms with van der Waals surface area (Å²) in [6.07, 6.45) is 0. The zero-order chi connectivity index (χ0) is 7.68. The molecule has 1 aromatic rings. The lowest BCUT2D eigenvalue weighted by Crippen LogP contribution is -2.19. The number of nitrogens with zero attached hydrogens (tertiary/aromatic N) is 1. The molecule has 0 fully saturated rings. The maximum atomic E-state index is 8.55. The third-order valence-corrected chi connectivity index (χ3v) is 1.54. The Hall–Kier alpha value is -1.73. The predicted octanol–water partition coefficient (Wildman–Crippen LogP) is 0.815. The van der Waals surface area contributed by atoms with Crippen LogP contribution in [0, 0.1) is 11.3 Å². The molecular weight excluding hydrogens is 140 g/mol. The first-order chi connectivity index (χ1) is 5.40. The molecule has 1 aromatic carbocycles. The Labute approximate surface area is 63.8 Å². The van der Waals surface area contributed by atoms with Gasteiger partial charge in [0.05, 0.1) is 23.0 Å². The van der Waals surface area contributed by atoms with Crippen molar-refractivity contribution in [2.24, 2.45) is 0 Å². The third-order valence-electron chi connectivity index (χ3n) is 1.54. The van der Waals surface area contributed by atoms with Crippen molar-refractivity contribution >= 4 is 11.4 Å². The van der Waals surface area contributed by atoms with Gasteiger partial charge >= 0.3 is 0 Å². The summed E-state index contributed by atoms with van der Waals surface area (Å²) in [5, 5.41) is 8.55. The van der Waals surface area contributed by atoms with E-state index in [4.69, 9.17) is 5.26 Å². The summed E-state index contributed by atoms with van der Waals surface area (Å²) in [5.41, 5.74) is 11.0. The molecule has 0 saturated carbocycles. The number of hydrogen-bond donors (Lipinski definition) is 3. The molecule has 4 nitrogen and oxygen atoms in total. The summed E-state index contributed by atoms with van der Waals surface area (Å²) in [7, 11) is 0. The van der Waals surface area contributed by atoms with Crippen LogP contribution in [0.2, 0.25) is 0 Å². The monoisotopic (exact) mass is 146 g/mol. The van der Waals surface area contributed by atoms with Crippen molar-refractivity contribution < 1.29 is 0 Å². The molecule has 0 unspecified atom stereocenters. The van der Waals surface area contributed by atoms with Crippen LogP contribution in [0.3, 0.4) is 0 Å². The lowest BCUT2D eigenvalue weighted by molar-refractivity contribution is 1.01. The van der Waals surface area contributed by atoms with Gasteiger partial charge in [-0.1, -0.05) is 0 Å². The van der Waals surface area contributed by atoms with E-state index < -0.39 is 0 Å². The van der Waals surface area contributed by atoms with E-state index in [1.807, 2.05) is 6.07 Å². The fourth-order valence-corrected chi connectivity index (χ4v) is 0.992. The molecule has 1 heterocycles. The van der Waals surface area contributed by atoms with Gasteiger partial charge in [-0.15, -0.1) is 5.53 Å². The maximum absolute atomic E-state index is 8.55. The van der Waals surface area contributed by atoms with Crippen LogP contribution in [-0.4, -0.2) is 0 Å². The van der Waals surface area contributed by atoms with E-state index in [2.05, 4.69) is 22.5 Å². The minimum Gasteiger partial charge on any atom is -0.302 e. The number of fused-ring (bicyclic) bond motifs is 1. The molecule has 0 radical (unpaired) electrons. The molecule has 0 saturated heterocycles. The fourth-order valence-electron chi connectivity index (χ4n) is 0.992. The summed E-state index contributed by atoms with van der Waals surface area (Å²) < 4.78 is 0. The van der Waals surface area contributed by atoms with Crippen LogP contribution in [0.15, 0.2) is 18.2 Å². The van der Waals surface area contributed by atoms with Crippen LogP contribution < -0.4 is 16.4 Å². The lowest BCUT2D eigenvalue weighted by atomic mass is 10.2. The van der Waals surface area contributed by atoms with Gasteiger partial charge in [-0.05, 0) is 18.2 Å². The summed E-state index contributed by atoms with van der Waals surface area (Å²) >= 11 is 0. The quantitative estimate of drug-likeness (QED) is 0.507. The van der Waals surface area contributed by atoms with Gasteiger partial charge in [-0.2, -0.15) is 5.26 Å². The van der Waals surface area contributed by atoms with Gasteiger partial charge in [0.2, 0.25) is 0 Å². The molecule has 1 aliphatic rings. The molecule has 0 spiro atoms. The minimum atomic E-state index is 0.654. The highest BCUT2D eigenvalue weighted by molar-refractivity contribution is 5.73. The molecule has 0 bridgehead atoms. The van der Waals surface area contributed by atoms with Crippen molar-refractivity contribution in [3.63, 3.8) is 0 Å². The van der Waals surface area contributed by atoms with Crippen molar-refractivity contribution in [2.45, 2.75) is 0 Å². The van der Waals surface area contributed by atoms with E-state index in [1.165, 1.54) is 0 Å². The molecule has 0 amide bonds. The van der Waals surface area contributed by atoms with Crippen molar-refractivity contribution in [3.8, 4) is 6.07 Å². The SMILES string of the molecule is N#Cc1ccc2c(c1)NNN2. The lowest BCUT2D eigenvalue weighted by Gasteiger charge is -1.94. The minimum absolute atomic E-state index is 0.654. The van der Waals surface area contributed by atoms with Crippen LogP contribution in [-0.2, 0) is 0 Å². The van der Waals surface area contributed by atoms with Gasteiger partial charge in [-0.25, -0.2) is 0 Å². The first kappa shape index (κ1) is 6.01. The highest BCUT2D eigenvalue weighted by Crippen LogP contribution is 2.24. The summed E-state index contributed by atoms with van der Waals surface area (Å²) in [5.74, 6) is 0. The largest absolute Gasteiger partial charge is 0.302 e. The second kappa shape index (κ2) is 2.15. The number of anilines is 2. The molecule has 2 rings (SSSR count). The molecule has 3 N–H and O–H groups in total. The third kappa shape index (κ3) is 0.876. The van der Waals surface area contributed by atoms with Crippen LogP contribution in [0.5, 0.6) is 0 Å². The van der Waals surface area contributed by atoms with Crippen LogP contribution >= 0.6 is 0 Å². The van der Waals surface area contributed by atoms with E-state index in [0.717, 1.165) is 11.4 Å². The molecular formula is C7H6N4. The Morgan fingerprint density at radius 3 is 2.82 bits per heavy atom. The molecule has 1 aliphatic heterocycles. The second-order valence-electron chi connectivity index (χ2n) is 2.25. The number of rotatable bonds is 0. The number of nitrogens with one attached hydrogen (secondary N) is 3. The number of hydrazine groups is 2. The Bertz CT molecular complexity index is 326. The summed E-state index contributed by atoms with van der Waals surface area (Å²) in [4.78, 5) is 0. The van der Waals surface area contributed by atoms with E-state index in [9.17, 15) is 0 Å². The van der Waals surface area contributed by atoms with Gasteiger partial charge in [0.15, 0.2) is 0 Å². The van der Waals surface area contributed by atoms with Gasteiger partial charge in [0.1, 0.15) is 0 Å². The molecule has 54 valence electrons. The second-order valence-corrected chi connectivity index (χ2v) is 2.25. The molecule has 0 aromatic heterocycles. The first-order valence-corrected chi connectivity index (χ1v) is 3.21. The Kier molecular flexibility index (Phi) is 1.17. The van der Waals surface area contributed by atoms with Crippen LogP contribution in [0.1, 0.15) is 5.56 Å². The fraction of sp³-hybridized carbons (Fsp3) is 0. The average Bonchev–Trinajstić information content (AvgIpc) is 2.50. The molecule has 0 aliphatic carbocycles. The van der Waals surface area contributed by atoms with E-state index >= 15 is 0 Å². The number of benzene rings is 1. The Morgan fingerprint density at radius 1 is 1.18 bits per heavy atom. The normalized spacial score (nSPS) is 12.6. The van der Waals surface area contributed by atoms with Crippen molar-refractivity contribution in [1.82, 2.24) is 5.53 Å². The number of nitriles is 1. The Balaban J connectivity index is 2.51. The van der Waals surface area contributed by atoms with Gasteiger partial charge in [0, 0.05) is 0 Å². The van der Waals surface area contributed by atoms with Crippen LogP contribution in [0.4, 0.5) is 11.4 Å². The zero-order valence-corrected chi connectivity index (χ0v) is 5.68. The molecule has 0 atom stereocenters. The van der Waals surface area contributed by atoms with Crippen molar-refractivity contribution in [1.29, 1.82) is 5.26 Å². The van der Waals surface area contributed by atoms with Gasteiger partial charge < -0.3 is 10.9 Å². The highest BCUT2D eigenvalue weighted by atomic mass is 15.6. The highest BCUT2D eigenvalue weighted by Gasteiger charge is 2.07. The van der Waals surface area contributed by atoms with E-state index in [1.54, 1.807) is 12.1 Å². The van der Waals surface area contributed by atoms with Crippen LogP contribution in [0.25, 0.3) is 0 Å². The van der Waals surface area contributed by atoms with E-state index in [0.29, 0.717) is 5.56 Å². The Morgan fingerprint density at radius 2 is 2.00 bits per heavy atom. The molecule has 4 heteroatoms. The average molecular weight is 146 g/mol. The maximum Gasteiger partial charge on any atom is 0.0992 e. The first-order valence-electron chi connectivity index (χ1n) is 3.21. The molecule has 11 heavy (non-hydrogen) atoms. The van der Waals surface area contributed by atoms with Gasteiger partial charge in [-0.3, -0.25) is 0 Å². The predicted molar refractivity (Wildman–Crippen MR) is 41.5 cm³/mol. The van der Waals surface area contributed by atoms with Crippen molar-refractivity contribution in [2.75, 3.05) is 10.9 Å². The van der Waals surface area contributed by atoms with Crippen molar-refractivity contribution in [3.05, 3.63) is 23.8 Å². The standard InChI is InChI=1S/C7H6N4/c8-4-5-1-2-6-7(3-5)10-11-9-6/h1-3,9-11H. The van der Waals surface area contributed by atoms with Gasteiger partial charge in [0.25, 0.3) is 0 Å². The zero-order valence-electron chi connectivity index (χ0n) is 5.68.